The summed E-state index contributed by atoms with van der Waals surface area (Å²) in [5.74, 6) is -2.21. The monoisotopic (exact) mass is 718 g/mol. The van der Waals surface area contributed by atoms with Gasteiger partial charge in [0.05, 0.1) is 6.54 Å². The van der Waals surface area contributed by atoms with Gasteiger partial charge in [0, 0.05) is 53.5 Å². The molecule has 0 aliphatic heterocycles. The molecule has 0 heterocycles. The SMILES string of the molecule is CC.CC.CCC(=O)NC(CC)C(=O)NCC(=O)Nc1ccc(C(OC(C)=O)C(=O)NC(C)(C)C)cc1.[B]C(C)(C)OCCC(C)(C)NC(=C)C. The molecule has 2 radical (unpaired) electrons. The van der Waals surface area contributed by atoms with Gasteiger partial charge < -0.3 is 36.1 Å². The number of allylic oxidation sites excluding steroid dienone is 1. The minimum absolute atomic E-state index is 0.0110. The molecule has 0 fully saturated rings. The van der Waals surface area contributed by atoms with Gasteiger partial charge in [0.2, 0.25) is 23.8 Å². The van der Waals surface area contributed by atoms with Gasteiger partial charge in [-0.05, 0) is 80.4 Å². The van der Waals surface area contributed by atoms with Gasteiger partial charge >= 0.3 is 5.97 Å². The lowest BCUT2D eigenvalue weighted by Crippen LogP contribution is -2.47. The van der Waals surface area contributed by atoms with E-state index in [0.717, 1.165) is 12.1 Å². The summed E-state index contributed by atoms with van der Waals surface area (Å²) in [6, 6.07) is 5.55. The Bertz CT molecular complexity index is 1210. The Balaban J connectivity index is -0.00000107. The van der Waals surface area contributed by atoms with E-state index in [1.54, 1.807) is 38.1 Å². The maximum absolute atomic E-state index is 12.5. The number of hydrogen-bond donors (Lipinski definition) is 5. The summed E-state index contributed by atoms with van der Waals surface area (Å²) in [5.41, 5.74) is 0.806. The highest BCUT2D eigenvalue weighted by Crippen LogP contribution is 2.21. The lowest BCUT2D eigenvalue weighted by Gasteiger charge is -2.29. The summed E-state index contributed by atoms with van der Waals surface area (Å²) >= 11 is 0. The summed E-state index contributed by atoms with van der Waals surface area (Å²) in [5, 5.41) is 13.8. The van der Waals surface area contributed by atoms with Crippen LogP contribution in [0.5, 0.6) is 0 Å². The van der Waals surface area contributed by atoms with Crippen LogP contribution in [0.2, 0.25) is 0 Å². The fraction of sp³-hybridized carbons (Fsp3) is 0.658. The molecule has 51 heavy (non-hydrogen) atoms. The van der Waals surface area contributed by atoms with Gasteiger partial charge in [-0.2, -0.15) is 0 Å². The average Bonchev–Trinajstić information content (AvgIpc) is 3.01. The topological polar surface area (TPSA) is 164 Å². The molecular formula is C38H68BN5O7. The van der Waals surface area contributed by atoms with E-state index in [2.05, 4.69) is 47.0 Å². The first kappa shape index (κ1) is 51.5. The van der Waals surface area contributed by atoms with E-state index in [4.69, 9.17) is 17.3 Å². The molecule has 1 rings (SSSR count). The highest BCUT2D eigenvalue weighted by Gasteiger charge is 2.27. The summed E-state index contributed by atoms with van der Waals surface area (Å²) in [4.78, 5) is 59.9. The Morgan fingerprint density at radius 2 is 1.35 bits per heavy atom. The highest BCUT2D eigenvalue weighted by molar-refractivity contribution is 6.13. The van der Waals surface area contributed by atoms with E-state index in [0.29, 0.717) is 24.3 Å². The number of carbonyl (C=O) groups is 5. The molecule has 290 valence electrons. The van der Waals surface area contributed by atoms with Crippen LogP contribution in [0.4, 0.5) is 5.69 Å². The fourth-order valence-electron chi connectivity index (χ4n) is 3.97. The van der Waals surface area contributed by atoms with Crippen LogP contribution < -0.4 is 26.6 Å². The van der Waals surface area contributed by atoms with Crippen LogP contribution in [-0.4, -0.2) is 73.2 Å². The zero-order chi connectivity index (χ0) is 40.6. The molecule has 1 aromatic carbocycles. The predicted octanol–water partition coefficient (Wildman–Crippen LogP) is 5.82. The quantitative estimate of drug-likeness (QED) is 0.106. The molecule has 0 aromatic heterocycles. The minimum Gasteiger partial charge on any atom is -0.447 e. The predicted molar refractivity (Wildman–Crippen MR) is 208 cm³/mol. The van der Waals surface area contributed by atoms with Gasteiger partial charge in [0.15, 0.2) is 0 Å². The van der Waals surface area contributed by atoms with Gasteiger partial charge in [0.1, 0.15) is 13.9 Å². The van der Waals surface area contributed by atoms with Crippen molar-refractivity contribution in [3.8, 4) is 0 Å². The normalized spacial score (nSPS) is 11.9. The average molecular weight is 718 g/mol. The molecule has 0 spiro atoms. The first-order chi connectivity index (χ1) is 23.5. The Labute approximate surface area is 309 Å². The second-order valence-corrected chi connectivity index (χ2v) is 13.5. The Morgan fingerprint density at radius 1 is 0.824 bits per heavy atom. The standard InChI is InChI=1S/C23H34N4O6.C11H22BNO.2C2H6/c1-7-17(26-18(29)8-2)21(31)24-13-19(30)25-16-11-9-15(10-12-16)20(33-14(3)28)22(32)27-23(4,5)6;1-9(2)13-10(3,4)7-8-14-11(5,6)12;2*1-2/h9-12,17,20H,7-8,13H2,1-6H3,(H,24,31)(H,25,30)(H,26,29)(H,27,32);13H,1,7-8H2,2-6H3;2*1-2H3. The van der Waals surface area contributed by atoms with Crippen molar-refractivity contribution in [2.75, 3.05) is 18.5 Å². The second-order valence-electron chi connectivity index (χ2n) is 13.5. The van der Waals surface area contributed by atoms with Gasteiger partial charge in [-0.1, -0.05) is 60.3 Å². The van der Waals surface area contributed by atoms with E-state index in [1.807, 2.05) is 69.2 Å². The highest BCUT2D eigenvalue weighted by atomic mass is 16.5. The molecule has 0 saturated carbocycles. The molecule has 5 N–H and O–H groups in total. The van der Waals surface area contributed by atoms with Crippen LogP contribution in [-0.2, 0) is 33.4 Å². The van der Waals surface area contributed by atoms with Crippen molar-refractivity contribution in [1.29, 1.82) is 0 Å². The summed E-state index contributed by atoms with van der Waals surface area (Å²) in [6.45, 7) is 32.2. The molecule has 2 unspecified atom stereocenters. The number of rotatable bonds is 16. The molecular weight excluding hydrogens is 649 g/mol. The molecule has 12 nitrogen and oxygen atoms in total. The van der Waals surface area contributed by atoms with Gasteiger partial charge in [0.25, 0.3) is 5.91 Å². The second kappa shape index (κ2) is 26.0. The van der Waals surface area contributed by atoms with Crippen molar-refractivity contribution in [3.05, 3.63) is 42.1 Å². The molecule has 0 aliphatic carbocycles. The molecule has 13 heteroatoms. The molecule has 0 saturated heterocycles. The number of hydrogen-bond acceptors (Lipinski definition) is 8. The Morgan fingerprint density at radius 3 is 1.76 bits per heavy atom. The molecule has 0 bridgehead atoms. The van der Waals surface area contributed by atoms with Crippen LogP contribution in [0.1, 0.15) is 135 Å². The number of nitrogens with one attached hydrogen (secondary N) is 5. The molecule has 4 amide bonds. The van der Waals surface area contributed by atoms with E-state index < -0.39 is 46.9 Å². The van der Waals surface area contributed by atoms with Crippen LogP contribution in [0.25, 0.3) is 0 Å². The van der Waals surface area contributed by atoms with Crippen molar-refractivity contribution >= 4 is 43.1 Å². The van der Waals surface area contributed by atoms with E-state index >= 15 is 0 Å². The maximum Gasteiger partial charge on any atom is 0.303 e. The Kier molecular flexibility index (Phi) is 26.2. The third-order valence-corrected chi connectivity index (χ3v) is 6.07. The summed E-state index contributed by atoms with van der Waals surface area (Å²) < 4.78 is 10.6. The number of ether oxygens (including phenoxy) is 2. The van der Waals surface area contributed by atoms with Crippen LogP contribution in [0.15, 0.2) is 36.5 Å². The smallest absolute Gasteiger partial charge is 0.303 e. The zero-order valence-corrected chi connectivity index (χ0v) is 34.1. The number of amides is 4. The summed E-state index contributed by atoms with van der Waals surface area (Å²) in [7, 11) is 5.71. The lowest BCUT2D eigenvalue weighted by molar-refractivity contribution is -0.155. The van der Waals surface area contributed by atoms with Crippen molar-refractivity contribution < 1.29 is 33.4 Å². The Hall–Kier alpha value is -3.87. The number of anilines is 1. The largest absolute Gasteiger partial charge is 0.447 e. The van der Waals surface area contributed by atoms with Crippen molar-refractivity contribution in [3.63, 3.8) is 0 Å². The van der Waals surface area contributed by atoms with Crippen molar-refractivity contribution in [1.82, 2.24) is 21.3 Å². The fourth-order valence-corrected chi connectivity index (χ4v) is 3.97. The zero-order valence-electron chi connectivity index (χ0n) is 34.1. The lowest BCUT2D eigenvalue weighted by atomic mass is 9.85. The number of esters is 1. The molecule has 2 atom stereocenters. The van der Waals surface area contributed by atoms with Gasteiger partial charge in [-0.25, -0.2) is 0 Å². The van der Waals surface area contributed by atoms with E-state index in [-0.39, 0.29) is 24.4 Å². The van der Waals surface area contributed by atoms with E-state index in [9.17, 15) is 24.0 Å². The van der Waals surface area contributed by atoms with Gasteiger partial charge in [-0.3, -0.25) is 24.0 Å². The maximum atomic E-state index is 12.5. The third-order valence-electron chi connectivity index (χ3n) is 6.07. The van der Waals surface area contributed by atoms with Crippen molar-refractivity contribution in [2.45, 2.75) is 152 Å². The summed E-state index contributed by atoms with van der Waals surface area (Å²) in [6.07, 6.45) is 0.430. The van der Waals surface area contributed by atoms with Crippen LogP contribution >= 0.6 is 0 Å². The van der Waals surface area contributed by atoms with Crippen molar-refractivity contribution in [2.24, 2.45) is 0 Å². The molecule has 0 aliphatic rings. The van der Waals surface area contributed by atoms with Crippen LogP contribution in [0, 0.1) is 0 Å². The first-order valence-corrected chi connectivity index (χ1v) is 17.8. The number of benzene rings is 1. The number of carbonyl (C=O) groups excluding carboxylic acids is 5. The first-order valence-electron chi connectivity index (χ1n) is 17.8. The van der Waals surface area contributed by atoms with E-state index in [1.165, 1.54) is 6.92 Å². The molecule has 1 aromatic rings. The third kappa shape index (κ3) is 27.5. The minimum atomic E-state index is -1.13. The van der Waals surface area contributed by atoms with Crippen LogP contribution in [0.3, 0.4) is 0 Å². The van der Waals surface area contributed by atoms with Gasteiger partial charge in [-0.15, -0.1) is 0 Å².